The van der Waals surface area contributed by atoms with E-state index in [1.807, 2.05) is 25.3 Å². The summed E-state index contributed by atoms with van der Waals surface area (Å²) in [6.07, 6.45) is 1.73. The Labute approximate surface area is 117 Å². The molecule has 0 spiro atoms. The van der Waals surface area contributed by atoms with Crippen LogP contribution in [0.25, 0.3) is 0 Å². The fraction of sp³-hybridized carbons (Fsp3) is 0.400. The molecule has 1 heterocycles. The second kappa shape index (κ2) is 6.13. The van der Waals surface area contributed by atoms with E-state index in [1.54, 1.807) is 12.4 Å². The van der Waals surface area contributed by atoms with E-state index in [9.17, 15) is 8.78 Å². The molecule has 1 unspecified atom stereocenters. The molecule has 1 N–H and O–H groups in total. The zero-order chi connectivity index (χ0) is 14.7. The Morgan fingerprint density at radius 3 is 2.65 bits per heavy atom. The van der Waals surface area contributed by atoms with Crippen LogP contribution in [0.5, 0.6) is 0 Å². The molecular formula is C15H19F2N3. The highest BCUT2D eigenvalue weighted by molar-refractivity contribution is 5.23. The molecule has 108 valence electrons. The van der Waals surface area contributed by atoms with Crippen LogP contribution in [0, 0.1) is 25.5 Å². The standard InChI is InChI=1S/C15H19F2N3/c1-4-18-14(8-20-9-19-10(2)11(20)3)12-6-5-7-13(16)15(12)17/h5-7,9,14,18H,4,8H2,1-3H3. The Bertz CT molecular complexity index is 593. The predicted octanol–water partition coefficient (Wildman–Crippen LogP) is 3.13. The summed E-state index contributed by atoms with van der Waals surface area (Å²) in [5.74, 6) is -1.60. The summed E-state index contributed by atoms with van der Waals surface area (Å²) in [4.78, 5) is 4.23. The van der Waals surface area contributed by atoms with Gasteiger partial charge in [0.25, 0.3) is 0 Å². The number of benzene rings is 1. The van der Waals surface area contributed by atoms with Gasteiger partial charge in [0.05, 0.1) is 18.1 Å². The average Bonchev–Trinajstić information content (AvgIpc) is 2.73. The van der Waals surface area contributed by atoms with E-state index in [2.05, 4.69) is 10.3 Å². The van der Waals surface area contributed by atoms with Gasteiger partial charge < -0.3 is 9.88 Å². The van der Waals surface area contributed by atoms with E-state index in [0.717, 1.165) is 17.5 Å². The van der Waals surface area contributed by atoms with Crippen molar-refractivity contribution in [3.05, 3.63) is 53.1 Å². The molecule has 0 aliphatic rings. The zero-order valence-electron chi connectivity index (χ0n) is 12.0. The average molecular weight is 279 g/mol. The Hall–Kier alpha value is -1.75. The Kier molecular flexibility index (Phi) is 4.49. The summed E-state index contributed by atoms with van der Waals surface area (Å²) < 4.78 is 29.3. The Morgan fingerprint density at radius 2 is 2.05 bits per heavy atom. The first kappa shape index (κ1) is 14.7. The minimum absolute atomic E-state index is 0.289. The van der Waals surface area contributed by atoms with E-state index >= 15 is 0 Å². The Morgan fingerprint density at radius 1 is 1.30 bits per heavy atom. The van der Waals surface area contributed by atoms with Crippen LogP contribution in [0.15, 0.2) is 24.5 Å². The van der Waals surface area contributed by atoms with Crippen molar-refractivity contribution in [3.63, 3.8) is 0 Å². The fourth-order valence-electron chi connectivity index (χ4n) is 2.23. The van der Waals surface area contributed by atoms with Crippen LogP contribution in [-0.4, -0.2) is 16.1 Å². The van der Waals surface area contributed by atoms with Gasteiger partial charge in [0, 0.05) is 17.8 Å². The maximum absolute atomic E-state index is 13.9. The van der Waals surface area contributed by atoms with E-state index in [1.165, 1.54) is 6.07 Å². The summed E-state index contributed by atoms with van der Waals surface area (Å²) in [5.41, 5.74) is 2.32. The molecule has 1 atom stereocenters. The second-order valence-corrected chi connectivity index (χ2v) is 4.82. The number of hydrogen-bond donors (Lipinski definition) is 1. The first-order valence-corrected chi connectivity index (χ1v) is 6.70. The number of halogens is 2. The van der Waals surface area contributed by atoms with Crippen molar-refractivity contribution in [3.8, 4) is 0 Å². The van der Waals surface area contributed by atoms with Gasteiger partial charge in [0.2, 0.25) is 0 Å². The van der Waals surface area contributed by atoms with E-state index in [0.29, 0.717) is 18.7 Å². The maximum Gasteiger partial charge on any atom is 0.163 e. The van der Waals surface area contributed by atoms with Gasteiger partial charge in [-0.1, -0.05) is 19.1 Å². The van der Waals surface area contributed by atoms with Gasteiger partial charge >= 0.3 is 0 Å². The van der Waals surface area contributed by atoms with Gasteiger partial charge in [0.15, 0.2) is 11.6 Å². The molecule has 3 nitrogen and oxygen atoms in total. The molecule has 1 aromatic heterocycles. The molecule has 0 bridgehead atoms. The quantitative estimate of drug-likeness (QED) is 0.911. The monoisotopic (exact) mass is 279 g/mol. The molecule has 0 saturated carbocycles. The summed E-state index contributed by atoms with van der Waals surface area (Å²) in [6.45, 7) is 7.02. The van der Waals surface area contributed by atoms with Crippen molar-refractivity contribution in [2.75, 3.05) is 6.54 Å². The Balaban J connectivity index is 2.31. The van der Waals surface area contributed by atoms with E-state index in [4.69, 9.17) is 0 Å². The number of aromatic nitrogens is 2. The minimum Gasteiger partial charge on any atom is -0.333 e. The molecule has 0 fully saturated rings. The SMILES string of the molecule is CCNC(Cn1cnc(C)c1C)c1cccc(F)c1F. The smallest absolute Gasteiger partial charge is 0.163 e. The van der Waals surface area contributed by atoms with Gasteiger partial charge in [-0.15, -0.1) is 0 Å². The number of nitrogens with one attached hydrogen (secondary N) is 1. The van der Waals surface area contributed by atoms with Gasteiger partial charge in [-0.2, -0.15) is 0 Å². The molecule has 0 amide bonds. The van der Waals surface area contributed by atoms with Crippen molar-refractivity contribution in [1.29, 1.82) is 0 Å². The summed E-state index contributed by atoms with van der Waals surface area (Å²) in [5, 5.41) is 3.20. The molecule has 0 aliphatic heterocycles. The van der Waals surface area contributed by atoms with E-state index in [-0.39, 0.29) is 6.04 Å². The number of nitrogens with zero attached hydrogens (tertiary/aromatic N) is 2. The third kappa shape index (κ3) is 2.88. The number of hydrogen-bond acceptors (Lipinski definition) is 2. The highest BCUT2D eigenvalue weighted by Gasteiger charge is 2.18. The topological polar surface area (TPSA) is 29.9 Å². The molecular weight excluding hydrogens is 260 g/mol. The van der Waals surface area contributed by atoms with Crippen LogP contribution in [0.4, 0.5) is 8.78 Å². The maximum atomic E-state index is 13.9. The lowest BCUT2D eigenvalue weighted by molar-refractivity contribution is 0.430. The zero-order valence-corrected chi connectivity index (χ0v) is 12.0. The van der Waals surface area contributed by atoms with Crippen LogP contribution >= 0.6 is 0 Å². The lowest BCUT2D eigenvalue weighted by Gasteiger charge is -2.20. The van der Waals surface area contributed by atoms with Crippen molar-refractivity contribution in [2.24, 2.45) is 0 Å². The predicted molar refractivity (Wildman–Crippen MR) is 74.5 cm³/mol. The highest BCUT2D eigenvalue weighted by Crippen LogP contribution is 2.22. The summed E-state index contributed by atoms with van der Waals surface area (Å²) in [7, 11) is 0. The van der Waals surface area contributed by atoms with Crippen LogP contribution in [0.1, 0.15) is 29.9 Å². The number of likely N-dealkylation sites (N-methyl/N-ethyl adjacent to an activating group) is 1. The van der Waals surface area contributed by atoms with Crippen molar-refractivity contribution < 1.29 is 8.78 Å². The number of imidazole rings is 1. The second-order valence-electron chi connectivity index (χ2n) is 4.82. The molecule has 2 aromatic rings. The normalized spacial score (nSPS) is 12.7. The third-order valence-electron chi connectivity index (χ3n) is 3.53. The minimum atomic E-state index is -0.816. The van der Waals surface area contributed by atoms with Gasteiger partial charge in [-0.25, -0.2) is 13.8 Å². The summed E-state index contributed by atoms with van der Waals surface area (Å²) in [6, 6.07) is 3.99. The lowest BCUT2D eigenvalue weighted by Crippen LogP contribution is -2.26. The first-order valence-electron chi connectivity index (χ1n) is 6.70. The third-order valence-corrected chi connectivity index (χ3v) is 3.53. The summed E-state index contributed by atoms with van der Waals surface area (Å²) >= 11 is 0. The molecule has 1 aromatic carbocycles. The van der Waals surface area contributed by atoms with Crippen LogP contribution < -0.4 is 5.32 Å². The highest BCUT2D eigenvalue weighted by atomic mass is 19.2. The lowest BCUT2D eigenvalue weighted by atomic mass is 10.1. The largest absolute Gasteiger partial charge is 0.333 e. The molecule has 0 radical (unpaired) electrons. The van der Waals surface area contributed by atoms with Gasteiger partial charge in [-0.3, -0.25) is 0 Å². The number of rotatable bonds is 5. The van der Waals surface area contributed by atoms with Gasteiger partial charge in [0.1, 0.15) is 0 Å². The fourth-order valence-corrected chi connectivity index (χ4v) is 2.23. The van der Waals surface area contributed by atoms with E-state index < -0.39 is 11.6 Å². The molecule has 20 heavy (non-hydrogen) atoms. The van der Waals surface area contributed by atoms with Crippen LogP contribution in [-0.2, 0) is 6.54 Å². The van der Waals surface area contributed by atoms with Crippen molar-refractivity contribution >= 4 is 0 Å². The molecule has 5 heteroatoms. The van der Waals surface area contributed by atoms with Crippen LogP contribution in [0.2, 0.25) is 0 Å². The van der Waals surface area contributed by atoms with Crippen LogP contribution in [0.3, 0.4) is 0 Å². The first-order chi connectivity index (χ1) is 9.54. The number of aryl methyl sites for hydroxylation is 1. The van der Waals surface area contributed by atoms with Crippen molar-refractivity contribution in [1.82, 2.24) is 14.9 Å². The molecule has 0 aliphatic carbocycles. The van der Waals surface area contributed by atoms with Gasteiger partial charge in [-0.05, 0) is 26.5 Å². The van der Waals surface area contributed by atoms with Crippen molar-refractivity contribution in [2.45, 2.75) is 33.4 Å². The molecule has 2 rings (SSSR count). The molecule has 0 saturated heterocycles.